The summed E-state index contributed by atoms with van der Waals surface area (Å²) in [5.74, 6) is -0.582. The molecule has 1 aromatic heterocycles. The van der Waals surface area contributed by atoms with E-state index < -0.39 is 11.6 Å². The number of amides is 2. The van der Waals surface area contributed by atoms with Crippen LogP contribution >= 0.6 is 0 Å². The second kappa shape index (κ2) is 14.3. The summed E-state index contributed by atoms with van der Waals surface area (Å²) in [6.07, 6.45) is -0.330. The summed E-state index contributed by atoms with van der Waals surface area (Å²) in [7, 11) is 1.32. The van der Waals surface area contributed by atoms with Gasteiger partial charge in [0.25, 0.3) is 0 Å². The van der Waals surface area contributed by atoms with Crippen molar-refractivity contribution in [1.29, 1.82) is 0 Å². The van der Waals surface area contributed by atoms with Gasteiger partial charge in [0.1, 0.15) is 5.60 Å². The summed E-state index contributed by atoms with van der Waals surface area (Å²) in [4.78, 5) is 51.6. The smallest absolute Gasteiger partial charge is 0.410 e. The number of nitrogens with zero attached hydrogens (tertiary/aromatic N) is 4. The van der Waals surface area contributed by atoms with Gasteiger partial charge in [-0.15, -0.1) is 0 Å². The fourth-order valence-electron chi connectivity index (χ4n) is 5.76. The molecule has 2 amide bonds. The molecule has 4 aromatic rings. The number of methoxy groups -OCH3 is 1. The number of hydrogen-bond acceptors (Lipinski definition) is 8. The van der Waals surface area contributed by atoms with Crippen LogP contribution in [0.2, 0.25) is 0 Å². The number of benzene rings is 3. The highest BCUT2D eigenvalue weighted by Crippen LogP contribution is 2.33. The average molecular weight is 654 g/mol. The predicted octanol–water partition coefficient (Wildman–Crippen LogP) is 6.12. The SMILES string of the molecule is COC(=O)c1ccc2c(C(=Nc3ccc(N(C(=O)CN4CCN(C(=O)OC(C)(C)C)CC4)C(C)C)cc3)c3ccccc3)c(O)[nH]c2c1. The van der Waals surface area contributed by atoms with Crippen LogP contribution in [-0.2, 0) is 14.3 Å². The Balaban J connectivity index is 1.37. The van der Waals surface area contributed by atoms with Gasteiger partial charge >= 0.3 is 12.1 Å². The zero-order valence-electron chi connectivity index (χ0n) is 28.3. The molecule has 0 unspecified atom stereocenters. The Kier molecular flexibility index (Phi) is 10.2. The molecule has 1 aliphatic heterocycles. The minimum absolute atomic E-state index is 0.0352. The molecular weight excluding hydrogens is 610 g/mol. The van der Waals surface area contributed by atoms with Crippen molar-refractivity contribution < 1.29 is 29.0 Å². The van der Waals surface area contributed by atoms with E-state index in [9.17, 15) is 19.5 Å². The van der Waals surface area contributed by atoms with Crippen LogP contribution in [0.4, 0.5) is 16.2 Å². The lowest BCUT2D eigenvalue weighted by Crippen LogP contribution is -2.53. The van der Waals surface area contributed by atoms with Crippen molar-refractivity contribution in [3.63, 3.8) is 0 Å². The quantitative estimate of drug-likeness (QED) is 0.173. The summed E-state index contributed by atoms with van der Waals surface area (Å²) in [6.45, 7) is 11.9. The van der Waals surface area contributed by atoms with Gasteiger partial charge in [-0.25, -0.2) is 14.6 Å². The van der Waals surface area contributed by atoms with E-state index in [1.807, 2.05) is 89.2 Å². The van der Waals surface area contributed by atoms with E-state index in [1.165, 1.54) is 7.11 Å². The van der Waals surface area contributed by atoms with Crippen LogP contribution in [0.25, 0.3) is 10.9 Å². The number of anilines is 1. The molecule has 1 saturated heterocycles. The summed E-state index contributed by atoms with van der Waals surface area (Å²) in [5, 5.41) is 11.8. The van der Waals surface area contributed by atoms with E-state index in [1.54, 1.807) is 28.0 Å². The lowest BCUT2D eigenvalue weighted by molar-refractivity contribution is -0.120. The second-order valence-corrected chi connectivity index (χ2v) is 13.0. The molecule has 0 spiro atoms. The number of aromatic nitrogens is 1. The minimum atomic E-state index is -0.554. The van der Waals surface area contributed by atoms with E-state index in [4.69, 9.17) is 14.5 Å². The molecule has 0 saturated carbocycles. The number of H-pyrrole nitrogens is 1. The van der Waals surface area contributed by atoms with Crippen LogP contribution in [-0.4, -0.2) is 95.0 Å². The Bertz CT molecular complexity index is 1800. The van der Waals surface area contributed by atoms with Gasteiger partial charge in [0.05, 0.1) is 36.2 Å². The lowest BCUT2D eigenvalue weighted by atomic mass is 10.00. The number of ether oxygens (including phenoxy) is 2. The molecule has 1 fully saturated rings. The number of carbonyl (C=O) groups excluding carboxylic acids is 3. The third-order valence-electron chi connectivity index (χ3n) is 8.02. The van der Waals surface area contributed by atoms with Crippen molar-refractivity contribution >= 4 is 46.0 Å². The van der Waals surface area contributed by atoms with Crippen molar-refractivity contribution in [3.8, 4) is 5.88 Å². The molecule has 0 atom stereocenters. The molecule has 5 rings (SSSR count). The standard InChI is InChI=1S/C37H43N5O6/c1-24(2)42(31(43)23-40-18-20-41(21-19-40)36(46)48-37(3,4)5)28-15-13-27(14-16-28)38-33(25-10-8-7-9-11-25)32-29-17-12-26(35(45)47-6)22-30(29)39-34(32)44/h7-17,22,24,39,44H,18-21,23H2,1-6H3. The molecule has 11 heteroatoms. The molecule has 0 aliphatic carbocycles. The largest absolute Gasteiger partial charge is 0.494 e. The van der Waals surface area contributed by atoms with E-state index in [0.717, 1.165) is 11.3 Å². The maximum atomic E-state index is 13.6. The van der Waals surface area contributed by atoms with E-state index >= 15 is 0 Å². The molecule has 1 aliphatic rings. The fourth-order valence-corrected chi connectivity index (χ4v) is 5.76. The number of aromatic hydroxyl groups is 1. The van der Waals surface area contributed by atoms with Crippen molar-refractivity contribution in [2.75, 3.05) is 44.7 Å². The van der Waals surface area contributed by atoms with Crippen molar-refractivity contribution in [2.45, 2.75) is 46.3 Å². The van der Waals surface area contributed by atoms with Crippen molar-refractivity contribution in [1.82, 2.24) is 14.8 Å². The van der Waals surface area contributed by atoms with Crippen LogP contribution in [0.15, 0.2) is 77.8 Å². The molecule has 2 N–H and O–H groups in total. The van der Waals surface area contributed by atoms with Gasteiger partial charge in [-0.3, -0.25) is 9.69 Å². The number of esters is 1. The highest BCUT2D eigenvalue weighted by Gasteiger charge is 2.28. The van der Waals surface area contributed by atoms with Crippen LogP contribution in [0.5, 0.6) is 5.88 Å². The number of nitrogens with one attached hydrogen (secondary N) is 1. The first-order valence-corrected chi connectivity index (χ1v) is 16.0. The fraction of sp³-hybridized carbons (Fsp3) is 0.351. The van der Waals surface area contributed by atoms with Gasteiger partial charge in [0.2, 0.25) is 5.91 Å². The maximum Gasteiger partial charge on any atom is 0.410 e. The first-order chi connectivity index (χ1) is 22.8. The Morgan fingerprint density at radius 2 is 1.60 bits per heavy atom. The number of aliphatic imine (C=N–C) groups is 1. The van der Waals surface area contributed by atoms with Crippen LogP contribution in [0, 0.1) is 0 Å². The average Bonchev–Trinajstić information content (AvgIpc) is 3.38. The van der Waals surface area contributed by atoms with Gasteiger partial charge < -0.3 is 29.4 Å². The number of fused-ring (bicyclic) bond motifs is 1. The Hall–Kier alpha value is -5.16. The third-order valence-corrected chi connectivity index (χ3v) is 8.02. The molecule has 252 valence electrons. The highest BCUT2D eigenvalue weighted by atomic mass is 16.6. The summed E-state index contributed by atoms with van der Waals surface area (Å²) < 4.78 is 10.3. The Labute approximate surface area is 280 Å². The normalized spacial score (nSPS) is 14.3. The van der Waals surface area contributed by atoms with Gasteiger partial charge in [0.15, 0.2) is 5.88 Å². The van der Waals surface area contributed by atoms with Gasteiger partial charge in [-0.1, -0.05) is 36.4 Å². The van der Waals surface area contributed by atoms with E-state index in [-0.39, 0.29) is 30.5 Å². The first-order valence-electron chi connectivity index (χ1n) is 16.0. The van der Waals surface area contributed by atoms with Crippen molar-refractivity contribution in [2.24, 2.45) is 4.99 Å². The monoisotopic (exact) mass is 653 g/mol. The topological polar surface area (TPSA) is 128 Å². The molecule has 2 heterocycles. The van der Waals surface area contributed by atoms with Crippen LogP contribution in [0.3, 0.4) is 0 Å². The van der Waals surface area contributed by atoms with E-state index in [0.29, 0.717) is 59.6 Å². The first kappa shape index (κ1) is 34.2. The van der Waals surface area contributed by atoms with Gasteiger partial charge in [0, 0.05) is 54.4 Å². The molecule has 3 aromatic carbocycles. The maximum absolute atomic E-state index is 13.6. The zero-order chi connectivity index (χ0) is 34.6. The summed E-state index contributed by atoms with van der Waals surface area (Å²) in [6, 6.07) is 22.0. The second-order valence-electron chi connectivity index (χ2n) is 13.0. The number of rotatable bonds is 8. The zero-order valence-corrected chi connectivity index (χ0v) is 28.3. The lowest BCUT2D eigenvalue weighted by Gasteiger charge is -2.36. The number of carbonyl (C=O) groups is 3. The van der Waals surface area contributed by atoms with Crippen LogP contribution in [0.1, 0.15) is 56.1 Å². The van der Waals surface area contributed by atoms with Gasteiger partial charge in [-0.2, -0.15) is 0 Å². The molecule has 0 bridgehead atoms. The van der Waals surface area contributed by atoms with Crippen LogP contribution < -0.4 is 4.90 Å². The highest BCUT2D eigenvalue weighted by molar-refractivity contribution is 6.22. The third kappa shape index (κ3) is 7.86. The minimum Gasteiger partial charge on any atom is -0.494 e. The number of piperazine rings is 1. The molecule has 48 heavy (non-hydrogen) atoms. The van der Waals surface area contributed by atoms with Gasteiger partial charge in [-0.05, 0) is 71.0 Å². The van der Waals surface area contributed by atoms with E-state index in [2.05, 4.69) is 9.88 Å². The molecule has 0 radical (unpaired) electrons. The van der Waals surface area contributed by atoms with Crippen molar-refractivity contribution in [3.05, 3.63) is 89.5 Å². The molecular formula is C37H43N5O6. The molecule has 11 nitrogen and oxygen atoms in total. The Morgan fingerprint density at radius 1 is 0.938 bits per heavy atom. The predicted molar refractivity (Wildman–Crippen MR) is 186 cm³/mol. The Morgan fingerprint density at radius 3 is 2.21 bits per heavy atom. The number of aromatic amines is 1. The summed E-state index contributed by atoms with van der Waals surface area (Å²) >= 11 is 0. The summed E-state index contributed by atoms with van der Waals surface area (Å²) in [5.41, 5.74) is 3.59. The number of hydrogen-bond donors (Lipinski definition) is 2.